The molecule has 2 heterocycles. The second kappa shape index (κ2) is 6.05. The highest BCUT2D eigenvalue weighted by Gasteiger charge is 2.23. The molecule has 110 valence electrons. The van der Waals surface area contributed by atoms with E-state index >= 15 is 0 Å². The van der Waals surface area contributed by atoms with Crippen LogP contribution in [0.5, 0.6) is 0 Å². The number of hydrogen-bond donors (Lipinski definition) is 1. The Bertz CT molecular complexity index is 615. The Morgan fingerprint density at radius 3 is 2.86 bits per heavy atom. The molecule has 1 aliphatic heterocycles. The van der Waals surface area contributed by atoms with E-state index < -0.39 is 0 Å². The molecule has 6 nitrogen and oxygen atoms in total. The predicted octanol–water partition coefficient (Wildman–Crippen LogP) is 1.84. The Kier molecular flexibility index (Phi) is 3.96. The summed E-state index contributed by atoms with van der Waals surface area (Å²) < 4.78 is 10.9. The minimum atomic E-state index is -0.343. The number of carbonyl (C=O) groups is 1. The molecular formula is C15H17N3O3. The van der Waals surface area contributed by atoms with Gasteiger partial charge in [0, 0.05) is 12.2 Å². The minimum Gasteiger partial charge on any atom is -0.419 e. The molecule has 0 aliphatic carbocycles. The molecule has 1 aromatic carbocycles. The van der Waals surface area contributed by atoms with Crippen LogP contribution in [0.25, 0.3) is 11.5 Å². The van der Waals surface area contributed by atoms with Crippen molar-refractivity contribution in [1.82, 2.24) is 15.5 Å². The van der Waals surface area contributed by atoms with Gasteiger partial charge in [-0.3, -0.25) is 4.79 Å². The molecule has 1 fully saturated rings. The number of benzene rings is 1. The first kappa shape index (κ1) is 13.8. The van der Waals surface area contributed by atoms with Crippen LogP contribution in [0, 0.1) is 6.92 Å². The smallest absolute Gasteiger partial charge is 0.249 e. The number of rotatable bonds is 4. The van der Waals surface area contributed by atoms with E-state index in [0.29, 0.717) is 18.4 Å². The Labute approximate surface area is 122 Å². The minimum absolute atomic E-state index is 0.123. The lowest BCUT2D eigenvalue weighted by Gasteiger charge is -2.08. The van der Waals surface area contributed by atoms with E-state index in [2.05, 4.69) is 15.5 Å². The fourth-order valence-electron chi connectivity index (χ4n) is 2.20. The Balaban J connectivity index is 1.60. The largest absolute Gasteiger partial charge is 0.419 e. The molecule has 1 aromatic heterocycles. The molecule has 6 heteroatoms. The number of amides is 1. The summed E-state index contributed by atoms with van der Waals surface area (Å²) >= 11 is 0. The van der Waals surface area contributed by atoms with Gasteiger partial charge in [0.15, 0.2) is 0 Å². The van der Waals surface area contributed by atoms with Gasteiger partial charge in [0.2, 0.25) is 17.7 Å². The highest BCUT2D eigenvalue weighted by Crippen LogP contribution is 2.18. The Morgan fingerprint density at radius 2 is 2.14 bits per heavy atom. The number of nitrogens with one attached hydrogen (secondary N) is 1. The highest BCUT2D eigenvalue weighted by atomic mass is 16.5. The molecular weight excluding hydrogens is 270 g/mol. The van der Waals surface area contributed by atoms with E-state index in [1.807, 2.05) is 31.2 Å². The van der Waals surface area contributed by atoms with Crippen LogP contribution in [0.3, 0.4) is 0 Å². The standard InChI is InChI=1S/C15H17N3O3/c1-10-4-6-11(7-5-10)15-18-17-13(21-15)9-16-14(19)12-3-2-8-20-12/h4-7,12H,2-3,8-9H2,1H3,(H,16,19). The van der Waals surface area contributed by atoms with Crippen molar-refractivity contribution >= 4 is 5.91 Å². The van der Waals surface area contributed by atoms with Crippen molar-refractivity contribution in [1.29, 1.82) is 0 Å². The van der Waals surface area contributed by atoms with Crippen LogP contribution in [-0.2, 0) is 16.1 Å². The van der Waals surface area contributed by atoms with Gasteiger partial charge in [0.05, 0.1) is 6.54 Å². The summed E-state index contributed by atoms with van der Waals surface area (Å²) in [4.78, 5) is 11.8. The first-order valence-corrected chi connectivity index (χ1v) is 7.01. The maximum atomic E-state index is 11.8. The molecule has 0 saturated carbocycles. The lowest BCUT2D eigenvalue weighted by Crippen LogP contribution is -2.33. The normalized spacial score (nSPS) is 17.9. The van der Waals surface area contributed by atoms with Gasteiger partial charge in [0.1, 0.15) is 6.10 Å². The molecule has 3 rings (SSSR count). The van der Waals surface area contributed by atoms with E-state index in [4.69, 9.17) is 9.15 Å². The van der Waals surface area contributed by atoms with Crippen LogP contribution in [-0.4, -0.2) is 28.8 Å². The molecule has 0 spiro atoms. The van der Waals surface area contributed by atoms with Crippen molar-refractivity contribution in [3.63, 3.8) is 0 Å². The summed E-state index contributed by atoms with van der Waals surface area (Å²) in [6.45, 7) is 2.89. The third kappa shape index (κ3) is 3.28. The summed E-state index contributed by atoms with van der Waals surface area (Å²) in [7, 11) is 0. The monoisotopic (exact) mass is 287 g/mol. The fraction of sp³-hybridized carbons (Fsp3) is 0.400. The first-order chi connectivity index (χ1) is 10.2. The number of aryl methyl sites for hydroxylation is 1. The zero-order chi connectivity index (χ0) is 14.7. The Morgan fingerprint density at radius 1 is 1.33 bits per heavy atom. The highest BCUT2D eigenvalue weighted by molar-refractivity contribution is 5.80. The molecule has 21 heavy (non-hydrogen) atoms. The lowest BCUT2D eigenvalue weighted by atomic mass is 10.1. The van der Waals surface area contributed by atoms with Gasteiger partial charge < -0.3 is 14.5 Å². The lowest BCUT2D eigenvalue weighted by molar-refractivity contribution is -0.130. The van der Waals surface area contributed by atoms with Crippen molar-refractivity contribution < 1.29 is 13.9 Å². The van der Waals surface area contributed by atoms with Gasteiger partial charge in [-0.25, -0.2) is 0 Å². The van der Waals surface area contributed by atoms with Crippen LogP contribution in [0.1, 0.15) is 24.3 Å². The molecule has 1 atom stereocenters. The molecule has 1 saturated heterocycles. The van der Waals surface area contributed by atoms with Gasteiger partial charge in [-0.15, -0.1) is 10.2 Å². The third-order valence-electron chi connectivity index (χ3n) is 3.40. The molecule has 0 bridgehead atoms. The van der Waals surface area contributed by atoms with Crippen LogP contribution >= 0.6 is 0 Å². The number of carbonyl (C=O) groups excluding carboxylic acids is 1. The zero-order valence-electron chi connectivity index (χ0n) is 11.8. The maximum Gasteiger partial charge on any atom is 0.249 e. The van der Waals surface area contributed by atoms with E-state index in [1.54, 1.807) is 0 Å². The fourth-order valence-corrected chi connectivity index (χ4v) is 2.20. The van der Waals surface area contributed by atoms with Crippen LogP contribution in [0.2, 0.25) is 0 Å². The maximum absolute atomic E-state index is 11.8. The van der Waals surface area contributed by atoms with Crippen LogP contribution in [0.15, 0.2) is 28.7 Å². The molecule has 0 radical (unpaired) electrons. The number of ether oxygens (including phenoxy) is 1. The second-order valence-electron chi connectivity index (χ2n) is 5.09. The molecule has 1 aliphatic rings. The predicted molar refractivity (Wildman–Crippen MR) is 75.3 cm³/mol. The molecule has 1 amide bonds. The van der Waals surface area contributed by atoms with Crippen LogP contribution in [0.4, 0.5) is 0 Å². The van der Waals surface area contributed by atoms with E-state index in [1.165, 1.54) is 5.56 Å². The van der Waals surface area contributed by atoms with Gasteiger partial charge in [-0.05, 0) is 31.9 Å². The summed E-state index contributed by atoms with van der Waals surface area (Å²) in [6.07, 6.45) is 1.35. The van der Waals surface area contributed by atoms with Gasteiger partial charge in [-0.1, -0.05) is 17.7 Å². The quantitative estimate of drug-likeness (QED) is 0.928. The summed E-state index contributed by atoms with van der Waals surface area (Å²) in [5.41, 5.74) is 2.03. The first-order valence-electron chi connectivity index (χ1n) is 7.01. The molecule has 2 aromatic rings. The Hall–Kier alpha value is -2.21. The third-order valence-corrected chi connectivity index (χ3v) is 3.40. The van der Waals surface area contributed by atoms with E-state index in [-0.39, 0.29) is 18.6 Å². The summed E-state index contributed by atoms with van der Waals surface area (Å²) in [5, 5.41) is 10.7. The van der Waals surface area contributed by atoms with Crippen molar-refractivity contribution in [2.24, 2.45) is 0 Å². The van der Waals surface area contributed by atoms with E-state index in [0.717, 1.165) is 18.4 Å². The number of hydrogen-bond acceptors (Lipinski definition) is 5. The van der Waals surface area contributed by atoms with Gasteiger partial charge >= 0.3 is 0 Å². The number of aromatic nitrogens is 2. The SMILES string of the molecule is Cc1ccc(-c2nnc(CNC(=O)C3CCCO3)o2)cc1. The van der Waals surface area contributed by atoms with Crippen molar-refractivity contribution in [3.05, 3.63) is 35.7 Å². The van der Waals surface area contributed by atoms with Crippen molar-refractivity contribution in [3.8, 4) is 11.5 Å². The number of nitrogens with zero attached hydrogens (tertiary/aromatic N) is 2. The topological polar surface area (TPSA) is 77.2 Å². The zero-order valence-corrected chi connectivity index (χ0v) is 11.8. The van der Waals surface area contributed by atoms with Gasteiger partial charge in [0.25, 0.3) is 0 Å². The van der Waals surface area contributed by atoms with Crippen LogP contribution < -0.4 is 5.32 Å². The summed E-state index contributed by atoms with van der Waals surface area (Å²) in [6, 6.07) is 7.83. The second-order valence-corrected chi connectivity index (χ2v) is 5.09. The molecule has 1 N–H and O–H groups in total. The summed E-state index contributed by atoms with van der Waals surface area (Å²) in [5.74, 6) is 0.718. The molecule has 1 unspecified atom stereocenters. The van der Waals surface area contributed by atoms with Gasteiger partial charge in [-0.2, -0.15) is 0 Å². The average Bonchev–Trinajstić information content (AvgIpc) is 3.17. The van der Waals surface area contributed by atoms with Crippen molar-refractivity contribution in [2.75, 3.05) is 6.61 Å². The average molecular weight is 287 g/mol. The van der Waals surface area contributed by atoms with E-state index in [9.17, 15) is 4.79 Å². The van der Waals surface area contributed by atoms with Crippen molar-refractivity contribution in [2.45, 2.75) is 32.4 Å².